The van der Waals surface area contributed by atoms with E-state index in [2.05, 4.69) is 20.6 Å². The number of likely N-dealkylation sites (tertiary alicyclic amines) is 1. The number of nitrogens with two attached hydrogens (primary N) is 2. The van der Waals surface area contributed by atoms with Gasteiger partial charge < -0.3 is 37.1 Å². The Kier molecular flexibility index (Phi) is 8.18. The van der Waals surface area contributed by atoms with Gasteiger partial charge >= 0.3 is 6.09 Å². The van der Waals surface area contributed by atoms with Crippen molar-refractivity contribution in [3.63, 3.8) is 0 Å². The van der Waals surface area contributed by atoms with Crippen LogP contribution in [0.15, 0.2) is 54.3 Å². The SMILES string of the molecule is CC(C)C(=C/N)/C=C(\N)Nc1ccc2ncc(/C(C=N)=C/NC3CN(C(=O)OC(C)(C)C)C3)cc2n1. The first-order valence-corrected chi connectivity index (χ1v) is 11.9. The van der Waals surface area contributed by atoms with Gasteiger partial charge in [0.1, 0.15) is 17.2 Å². The molecule has 0 spiro atoms. The number of hydrogen-bond donors (Lipinski definition) is 5. The van der Waals surface area contributed by atoms with Crippen LogP contribution in [0.25, 0.3) is 16.6 Å². The summed E-state index contributed by atoms with van der Waals surface area (Å²) in [6.45, 7) is 10.7. The molecule has 1 saturated heterocycles. The third-order valence-corrected chi connectivity index (χ3v) is 5.49. The highest BCUT2D eigenvalue weighted by molar-refractivity contribution is 6.08. The topological polar surface area (TPSA) is 155 Å². The maximum Gasteiger partial charge on any atom is 0.410 e. The van der Waals surface area contributed by atoms with Gasteiger partial charge in [-0.15, -0.1) is 0 Å². The lowest BCUT2D eigenvalue weighted by atomic mass is 10.0. The van der Waals surface area contributed by atoms with E-state index in [0.29, 0.717) is 35.8 Å². The summed E-state index contributed by atoms with van der Waals surface area (Å²) in [6.07, 6.45) is 7.75. The Morgan fingerprint density at radius 1 is 1.28 bits per heavy atom. The van der Waals surface area contributed by atoms with E-state index in [1.807, 2.05) is 46.8 Å². The van der Waals surface area contributed by atoms with Crippen molar-refractivity contribution in [1.82, 2.24) is 20.2 Å². The van der Waals surface area contributed by atoms with Gasteiger partial charge in [-0.3, -0.25) is 4.98 Å². The molecule has 10 nitrogen and oxygen atoms in total. The summed E-state index contributed by atoms with van der Waals surface area (Å²) in [4.78, 5) is 22.9. The lowest BCUT2D eigenvalue weighted by Gasteiger charge is -2.39. The molecule has 2 aromatic rings. The molecule has 0 unspecified atom stereocenters. The number of amides is 1. The molecule has 1 aliphatic heterocycles. The number of pyridine rings is 2. The molecule has 1 aliphatic rings. The molecule has 0 radical (unpaired) electrons. The molecule has 0 aromatic carbocycles. The van der Waals surface area contributed by atoms with E-state index >= 15 is 0 Å². The predicted molar refractivity (Wildman–Crippen MR) is 144 cm³/mol. The van der Waals surface area contributed by atoms with Gasteiger partial charge in [0.25, 0.3) is 0 Å². The summed E-state index contributed by atoms with van der Waals surface area (Å²) >= 11 is 0. The Morgan fingerprint density at radius 2 is 2.00 bits per heavy atom. The zero-order chi connectivity index (χ0) is 26.5. The highest BCUT2D eigenvalue weighted by Gasteiger charge is 2.33. The summed E-state index contributed by atoms with van der Waals surface area (Å²) in [7, 11) is 0. The Balaban J connectivity index is 1.69. The van der Waals surface area contributed by atoms with Gasteiger partial charge in [-0.2, -0.15) is 0 Å². The molecule has 192 valence electrons. The minimum atomic E-state index is -0.518. The van der Waals surface area contributed by atoms with Crippen LogP contribution < -0.4 is 22.1 Å². The second-order valence-electron chi connectivity index (χ2n) is 10.00. The quantitative estimate of drug-likeness (QED) is 0.277. The normalized spacial score (nSPS) is 15.6. The number of nitrogens with zero attached hydrogens (tertiary/aromatic N) is 3. The molecule has 0 bridgehead atoms. The number of ether oxygens (including phenoxy) is 1. The van der Waals surface area contributed by atoms with Gasteiger partial charge in [-0.25, -0.2) is 9.78 Å². The molecule has 1 amide bonds. The highest BCUT2D eigenvalue weighted by Crippen LogP contribution is 2.20. The summed E-state index contributed by atoms with van der Waals surface area (Å²) < 4.78 is 5.38. The van der Waals surface area contributed by atoms with E-state index in [1.54, 1.807) is 35.6 Å². The fourth-order valence-electron chi connectivity index (χ4n) is 3.48. The van der Waals surface area contributed by atoms with Crippen LogP contribution in [-0.4, -0.2) is 51.9 Å². The fourth-order valence-corrected chi connectivity index (χ4v) is 3.48. The van der Waals surface area contributed by atoms with Crippen molar-refractivity contribution in [3.8, 4) is 0 Å². The summed E-state index contributed by atoms with van der Waals surface area (Å²) in [5, 5.41) is 14.2. The van der Waals surface area contributed by atoms with Gasteiger partial charge in [-0.05, 0) is 62.7 Å². The zero-order valence-corrected chi connectivity index (χ0v) is 21.5. The standard InChI is InChI=1S/C26H36N8O2/c1-16(2)17(10-27)9-23(29)33-24-7-6-21-22(32-24)8-18(12-31-21)19(11-28)13-30-20-14-34(15-20)25(35)36-26(3,4)5/h6-13,16,20,28,30H,14-15,27,29H2,1-5H3,(H,32,33)/b17-10+,19-13+,23-9+,28-11?. The average molecular weight is 493 g/mol. The molecular weight excluding hydrogens is 456 g/mol. The van der Waals surface area contributed by atoms with E-state index in [9.17, 15) is 4.79 Å². The molecular formula is C26H36N8O2. The third-order valence-electron chi connectivity index (χ3n) is 5.49. The maximum absolute atomic E-state index is 12.1. The second kappa shape index (κ2) is 11.1. The van der Waals surface area contributed by atoms with Crippen LogP contribution in [0.1, 0.15) is 40.2 Å². The van der Waals surface area contributed by atoms with Crippen molar-refractivity contribution in [2.24, 2.45) is 17.4 Å². The first kappa shape index (κ1) is 26.5. The molecule has 36 heavy (non-hydrogen) atoms. The zero-order valence-electron chi connectivity index (χ0n) is 21.5. The van der Waals surface area contributed by atoms with Gasteiger partial charge in [0.15, 0.2) is 0 Å². The van der Waals surface area contributed by atoms with Crippen molar-refractivity contribution in [3.05, 3.63) is 59.8 Å². The lowest BCUT2D eigenvalue weighted by Crippen LogP contribution is -2.59. The second-order valence-corrected chi connectivity index (χ2v) is 10.00. The smallest absolute Gasteiger partial charge is 0.410 e. The summed E-state index contributed by atoms with van der Waals surface area (Å²) in [6, 6.07) is 5.62. The number of fused-ring (bicyclic) bond motifs is 1. The monoisotopic (exact) mass is 492 g/mol. The van der Waals surface area contributed by atoms with Crippen molar-refractivity contribution >= 4 is 34.7 Å². The van der Waals surface area contributed by atoms with Gasteiger partial charge in [-0.1, -0.05) is 13.8 Å². The highest BCUT2D eigenvalue weighted by atomic mass is 16.6. The van der Waals surface area contributed by atoms with Crippen LogP contribution in [0.5, 0.6) is 0 Å². The minimum absolute atomic E-state index is 0.0860. The van der Waals surface area contributed by atoms with Gasteiger partial charge in [0.2, 0.25) is 0 Å². The van der Waals surface area contributed by atoms with Crippen molar-refractivity contribution < 1.29 is 9.53 Å². The van der Waals surface area contributed by atoms with E-state index in [0.717, 1.165) is 16.7 Å². The summed E-state index contributed by atoms with van der Waals surface area (Å²) in [5.41, 5.74) is 15.0. The minimum Gasteiger partial charge on any atom is -0.444 e. The molecule has 10 heteroatoms. The van der Waals surface area contributed by atoms with Gasteiger partial charge in [0, 0.05) is 42.8 Å². The lowest BCUT2D eigenvalue weighted by molar-refractivity contribution is 0.00662. The van der Waals surface area contributed by atoms with E-state index in [-0.39, 0.29) is 18.1 Å². The van der Waals surface area contributed by atoms with Crippen molar-refractivity contribution in [2.75, 3.05) is 18.4 Å². The molecule has 1 fully saturated rings. The van der Waals surface area contributed by atoms with Crippen molar-refractivity contribution in [1.29, 1.82) is 5.41 Å². The number of hydrogen-bond acceptors (Lipinski definition) is 9. The Morgan fingerprint density at radius 3 is 2.61 bits per heavy atom. The van der Waals surface area contributed by atoms with Crippen LogP contribution in [-0.2, 0) is 4.74 Å². The van der Waals surface area contributed by atoms with Crippen molar-refractivity contribution in [2.45, 2.75) is 46.3 Å². The number of anilines is 1. The number of nitrogens with one attached hydrogen (secondary N) is 3. The Hall–Kier alpha value is -4.08. The maximum atomic E-state index is 12.1. The first-order chi connectivity index (χ1) is 17.0. The van der Waals surface area contributed by atoms with E-state index in [4.69, 9.17) is 21.6 Å². The third kappa shape index (κ3) is 6.97. The van der Waals surface area contributed by atoms with E-state index in [1.165, 1.54) is 6.21 Å². The average Bonchev–Trinajstić information content (AvgIpc) is 2.77. The van der Waals surface area contributed by atoms with Crippen LogP contribution in [0.3, 0.4) is 0 Å². The van der Waals surface area contributed by atoms with E-state index < -0.39 is 5.60 Å². The van der Waals surface area contributed by atoms with Crippen LogP contribution in [0.4, 0.5) is 10.6 Å². The number of allylic oxidation sites excluding steroid dienone is 3. The molecule has 2 aromatic heterocycles. The first-order valence-electron chi connectivity index (χ1n) is 11.9. The fraction of sp³-hybridized carbons (Fsp3) is 0.385. The molecule has 0 aliphatic carbocycles. The van der Waals surface area contributed by atoms with Crippen LogP contribution >= 0.6 is 0 Å². The number of carbonyl (C=O) groups is 1. The Labute approximate surface area is 212 Å². The molecule has 0 saturated carbocycles. The summed E-state index contributed by atoms with van der Waals surface area (Å²) in [5.74, 6) is 1.25. The largest absolute Gasteiger partial charge is 0.444 e. The number of carbonyl (C=O) groups excluding carboxylic acids is 1. The van der Waals surface area contributed by atoms with Gasteiger partial charge in [0.05, 0.1) is 17.1 Å². The predicted octanol–water partition coefficient (Wildman–Crippen LogP) is 3.54. The molecule has 0 atom stereocenters. The number of aromatic nitrogens is 2. The molecule has 7 N–H and O–H groups in total. The van der Waals surface area contributed by atoms with Crippen LogP contribution in [0, 0.1) is 11.3 Å². The number of rotatable bonds is 8. The Bertz CT molecular complexity index is 1200. The van der Waals surface area contributed by atoms with Crippen LogP contribution in [0.2, 0.25) is 0 Å². The molecule has 3 rings (SSSR count). The molecule has 3 heterocycles.